The van der Waals surface area contributed by atoms with Crippen molar-refractivity contribution in [2.45, 2.75) is 6.92 Å². The van der Waals surface area contributed by atoms with E-state index in [0.717, 1.165) is 29.3 Å². The van der Waals surface area contributed by atoms with Crippen molar-refractivity contribution in [3.05, 3.63) is 48.7 Å². The number of nitrogens with zero attached hydrogens (tertiary/aromatic N) is 4. The van der Waals surface area contributed by atoms with E-state index in [9.17, 15) is 4.79 Å². The highest BCUT2D eigenvalue weighted by Crippen LogP contribution is 2.30. The maximum absolute atomic E-state index is 11.7. The molecule has 1 aliphatic heterocycles. The Balaban J connectivity index is 1.80. The van der Waals surface area contributed by atoms with Gasteiger partial charge in [-0.2, -0.15) is 9.61 Å². The van der Waals surface area contributed by atoms with Gasteiger partial charge in [0.1, 0.15) is 5.82 Å². The number of primary amides is 1. The molecule has 122 valence electrons. The van der Waals surface area contributed by atoms with Crippen LogP contribution in [0.3, 0.4) is 0 Å². The lowest BCUT2D eigenvalue weighted by molar-refractivity contribution is -0.122. The Bertz CT molecular complexity index is 889. The van der Waals surface area contributed by atoms with Crippen LogP contribution in [0.15, 0.2) is 48.7 Å². The molecule has 1 saturated heterocycles. The molecule has 4 rings (SSSR count). The van der Waals surface area contributed by atoms with Crippen LogP contribution in [-0.4, -0.2) is 33.6 Å². The molecule has 1 aliphatic rings. The summed E-state index contributed by atoms with van der Waals surface area (Å²) in [4.78, 5) is 18.5. The molecule has 1 aromatic carbocycles. The number of carbonyl (C=O) groups excluding carboxylic acids is 1. The lowest BCUT2D eigenvalue weighted by Gasteiger charge is -2.20. The molecule has 1 fully saturated rings. The monoisotopic (exact) mass is 321 g/mol. The largest absolute Gasteiger partial charge is 0.369 e. The van der Waals surface area contributed by atoms with Gasteiger partial charge in [0.05, 0.1) is 17.8 Å². The number of aromatic nitrogens is 3. The Kier molecular flexibility index (Phi) is 3.45. The number of rotatable bonds is 3. The molecule has 0 aliphatic carbocycles. The summed E-state index contributed by atoms with van der Waals surface area (Å²) in [6.07, 6.45) is 1.74. The Morgan fingerprint density at radius 3 is 2.71 bits per heavy atom. The minimum atomic E-state index is -0.237. The molecule has 2 atom stereocenters. The summed E-state index contributed by atoms with van der Waals surface area (Å²) in [6, 6.07) is 14.0. The molecule has 0 spiro atoms. The van der Waals surface area contributed by atoms with Crippen LogP contribution in [0.1, 0.15) is 6.92 Å². The summed E-state index contributed by atoms with van der Waals surface area (Å²) in [6.45, 7) is 3.46. The fraction of sp³-hybridized carbons (Fsp3) is 0.278. The molecule has 3 heterocycles. The first kappa shape index (κ1) is 14.7. The first-order valence-electron chi connectivity index (χ1n) is 8.08. The maximum Gasteiger partial charge on any atom is 0.222 e. The van der Waals surface area contributed by atoms with E-state index in [2.05, 4.69) is 16.9 Å². The summed E-state index contributed by atoms with van der Waals surface area (Å²) < 4.78 is 1.82. The van der Waals surface area contributed by atoms with Gasteiger partial charge in [-0.3, -0.25) is 4.79 Å². The highest BCUT2D eigenvalue weighted by atomic mass is 16.1. The van der Waals surface area contributed by atoms with Crippen molar-refractivity contribution < 1.29 is 4.79 Å². The van der Waals surface area contributed by atoms with E-state index in [1.165, 1.54) is 0 Å². The van der Waals surface area contributed by atoms with Crippen LogP contribution in [0.5, 0.6) is 0 Å². The van der Waals surface area contributed by atoms with Crippen molar-refractivity contribution in [1.29, 1.82) is 0 Å². The molecule has 3 aromatic rings. The van der Waals surface area contributed by atoms with Crippen LogP contribution >= 0.6 is 0 Å². The van der Waals surface area contributed by atoms with Crippen molar-refractivity contribution in [3.8, 4) is 11.3 Å². The standard InChI is InChI=1S/C18H19N5O/c1-12-10-22(11-14(12)18(19)24)17-9-15(13-5-3-2-4-6-13)21-16-7-8-20-23(16)17/h2-9,12,14H,10-11H2,1H3,(H2,19,24)/t12-,14-/m1/s1. The molecule has 1 amide bonds. The number of carbonyl (C=O) groups is 1. The molecular formula is C18H19N5O. The van der Waals surface area contributed by atoms with Crippen molar-refractivity contribution in [2.24, 2.45) is 17.6 Å². The number of fused-ring (bicyclic) bond motifs is 1. The first-order chi connectivity index (χ1) is 11.6. The highest BCUT2D eigenvalue weighted by Gasteiger charge is 2.34. The van der Waals surface area contributed by atoms with Crippen LogP contribution in [0, 0.1) is 11.8 Å². The second-order valence-electron chi connectivity index (χ2n) is 6.36. The van der Waals surface area contributed by atoms with Crippen molar-refractivity contribution in [1.82, 2.24) is 14.6 Å². The number of hydrogen-bond donors (Lipinski definition) is 1. The molecule has 2 aromatic heterocycles. The summed E-state index contributed by atoms with van der Waals surface area (Å²) >= 11 is 0. The van der Waals surface area contributed by atoms with Gasteiger partial charge in [-0.1, -0.05) is 37.3 Å². The molecule has 0 unspecified atom stereocenters. The van der Waals surface area contributed by atoms with Crippen molar-refractivity contribution in [2.75, 3.05) is 18.0 Å². The molecule has 0 saturated carbocycles. The van der Waals surface area contributed by atoms with Gasteiger partial charge in [-0.05, 0) is 5.92 Å². The van der Waals surface area contributed by atoms with Gasteiger partial charge in [0, 0.05) is 30.8 Å². The van der Waals surface area contributed by atoms with Gasteiger partial charge in [-0.15, -0.1) is 0 Å². The Morgan fingerprint density at radius 2 is 2.00 bits per heavy atom. The van der Waals surface area contributed by atoms with Crippen molar-refractivity contribution >= 4 is 17.4 Å². The highest BCUT2D eigenvalue weighted by molar-refractivity contribution is 5.79. The third-order valence-corrected chi connectivity index (χ3v) is 4.71. The third kappa shape index (κ3) is 2.40. The number of anilines is 1. The van der Waals surface area contributed by atoms with Gasteiger partial charge >= 0.3 is 0 Å². The van der Waals surface area contributed by atoms with Gasteiger partial charge in [0.25, 0.3) is 0 Å². The first-order valence-corrected chi connectivity index (χ1v) is 8.08. The second kappa shape index (κ2) is 5.63. The minimum Gasteiger partial charge on any atom is -0.369 e. The molecule has 6 nitrogen and oxygen atoms in total. The predicted octanol–water partition coefficient (Wildman–Crippen LogP) is 1.95. The number of nitrogens with two attached hydrogens (primary N) is 1. The van der Waals surface area contributed by atoms with Crippen LogP contribution in [0.4, 0.5) is 5.82 Å². The normalized spacial score (nSPS) is 20.6. The Hall–Kier alpha value is -2.89. The SMILES string of the molecule is C[C@@H]1CN(c2cc(-c3ccccc3)nc3ccnn23)C[C@H]1C(N)=O. The Morgan fingerprint density at radius 1 is 1.21 bits per heavy atom. The van der Waals surface area contributed by atoms with Crippen LogP contribution < -0.4 is 10.6 Å². The summed E-state index contributed by atoms with van der Waals surface area (Å²) in [5.74, 6) is 0.795. The summed E-state index contributed by atoms with van der Waals surface area (Å²) in [7, 11) is 0. The van der Waals surface area contributed by atoms with Gasteiger partial charge < -0.3 is 10.6 Å². The van der Waals surface area contributed by atoms with Crippen LogP contribution in [-0.2, 0) is 4.79 Å². The number of amides is 1. The zero-order chi connectivity index (χ0) is 16.7. The fourth-order valence-electron chi connectivity index (χ4n) is 3.40. The third-order valence-electron chi connectivity index (χ3n) is 4.71. The summed E-state index contributed by atoms with van der Waals surface area (Å²) in [5.41, 5.74) is 8.29. The smallest absolute Gasteiger partial charge is 0.222 e. The summed E-state index contributed by atoms with van der Waals surface area (Å²) in [5, 5.41) is 4.39. The quantitative estimate of drug-likeness (QED) is 0.800. The van der Waals surface area contributed by atoms with Crippen molar-refractivity contribution in [3.63, 3.8) is 0 Å². The van der Waals surface area contributed by atoms with E-state index in [1.54, 1.807) is 6.20 Å². The average molecular weight is 321 g/mol. The number of hydrogen-bond acceptors (Lipinski definition) is 4. The van der Waals surface area contributed by atoms with Gasteiger partial charge in [-0.25, -0.2) is 4.98 Å². The Labute approximate surface area is 139 Å². The maximum atomic E-state index is 11.7. The lowest BCUT2D eigenvalue weighted by atomic mass is 9.98. The average Bonchev–Trinajstić information content (AvgIpc) is 3.21. The van der Waals surface area contributed by atoms with E-state index in [4.69, 9.17) is 10.7 Å². The van der Waals surface area contributed by atoms with E-state index >= 15 is 0 Å². The van der Waals surface area contributed by atoms with E-state index in [-0.39, 0.29) is 17.7 Å². The van der Waals surface area contributed by atoms with E-state index in [0.29, 0.717) is 6.54 Å². The molecule has 0 radical (unpaired) electrons. The molecule has 24 heavy (non-hydrogen) atoms. The van der Waals surface area contributed by atoms with E-state index in [1.807, 2.05) is 47.0 Å². The van der Waals surface area contributed by atoms with Crippen LogP contribution in [0.25, 0.3) is 16.9 Å². The van der Waals surface area contributed by atoms with E-state index < -0.39 is 0 Å². The fourth-order valence-corrected chi connectivity index (χ4v) is 3.40. The molecule has 6 heteroatoms. The second-order valence-corrected chi connectivity index (χ2v) is 6.36. The number of benzene rings is 1. The predicted molar refractivity (Wildman–Crippen MR) is 92.5 cm³/mol. The zero-order valence-corrected chi connectivity index (χ0v) is 13.5. The molecule has 0 bridgehead atoms. The van der Waals surface area contributed by atoms with Gasteiger partial charge in [0.15, 0.2) is 5.65 Å². The van der Waals surface area contributed by atoms with Gasteiger partial charge in [0.2, 0.25) is 5.91 Å². The molecule has 2 N–H and O–H groups in total. The molecular weight excluding hydrogens is 302 g/mol. The lowest BCUT2D eigenvalue weighted by Crippen LogP contribution is -2.29. The zero-order valence-electron chi connectivity index (χ0n) is 13.5. The topological polar surface area (TPSA) is 76.5 Å². The van der Waals surface area contributed by atoms with Crippen LogP contribution in [0.2, 0.25) is 0 Å². The minimum absolute atomic E-state index is 0.135.